The number of rotatable bonds is 3. The standard InChI is InChI=1S/C17H19N2OS/c1-13-5-6-15-16(10-13)21-17(18(15)2)11-14-4-3-7-19(12-14)8-9-20/h3-7,10-12,20H,8-9H2,1-2H3/q+1. The van der Waals surface area contributed by atoms with Gasteiger partial charge in [-0.05, 0) is 36.8 Å². The molecule has 1 N–H and O–H groups in total. The molecule has 1 aliphatic heterocycles. The molecule has 0 spiro atoms. The summed E-state index contributed by atoms with van der Waals surface area (Å²) in [6.45, 7) is 2.90. The number of aromatic nitrogens is 1. The zero-order chi connectivity index (χ0) is 14.8. The van der Waals surface area contributed by atoms with Crippen molar-refractivity contribution >= 4 is 23.5 Å². The van der Waals surface area contributed by atoms with Crippen LogP contribution in [0.4, 0.5) is 5.69 Å². The molecular formula is C17H19N2OS+. The Labute approximate surface area is 129 Å². The number of nitrogens with zero attached hydrogens (tertiary/aromatic N) is 2. The normalized spacial score (nSPS) is 15.6. The second kappa shape index (κ2) is 5.92. The zero-order valence-electron chi connectivity index (χ0n) is 12.3. The van der Waals surface area contributed by atoms with Crippen LogP contribution in [0.25, 0.3) is 6.08 Å². The molecule has 0 atom stereocenters. The monoisotopic (exact) mass is 299 g/mol. The van der Waals surface area contributed by atoms with Gasteiger partial charge in [-0.3, -0.25) is 0 Å². The molecule has 3 nitrogen and oxygen atoms in total. The number of hydrogen-bond acceptors (Lipinski definition) is 3. The van der Waals surface area contributed by atoms with Crippen molar-refractivity contribution in [1.82, 2.24) is 0 Å². The summed E-state index contributed by atoms with van der Waals surface area (Å²) >= 11 is 1.80. The minimum atomic E-state index is 0.157. The van der Waals surface area contributed by atoms with Gasteiger partial charge in [0.1, 0.15) is 6.61 Å². The molecule has 0 saturated heterocycles. The van der Waals surface area contributed by atoms with Crippen molar-refractivity contribution in [1.29, 1.82) is 0 Å². The van der Waals surface area contributed by atoms with Crippen molar-refractivity contribution in [2.45, 2.75) is 18.4 Å². The molecule has 1 aliphatic rings. The second-order valence-corrected chi connectivity index (χ2v) is 6.28. The van der Waals surface area contributed by atoms with E-state index in [-0.39, 0.29) is 6.61 Å². The van der Waals surface area contributed by atoms with Gasteiger partial charge in [0.15, 0.2) is 18.9 Å². The summed E-state index contributed by atoms with van der Waals surface area (Å²) in [4.78, 5) is 3.53. The summed E-state index contributed by atoms with van der Waals surface area (Å²) in [6.07, 6.45) is 6.22. The maximum atomic E-state index is 9.03. The van der Waals surface area contributed by atoms with E-state index in [0.29, 0.717) is 6.54 Å². The highest BCUT2D eigenvalue weighted by molar-refractivity contribution is 8.03. The molecule has 0 fully saturated rings. The van der Waals surface area contributed by atoms with E-state index < -0.39 is 0 Å². The molecule has 4 heteroatoms. The van der Waals surface area contributed by atoms with Crippen LogP contribution in [-0.4, -0.2) is 18.8 Å². The Bertz CT molecular complexity index is 697. The first-order valence-corrected chi connectivity index (χ1v) is 7.83. The SMILES string of the molecule is Cc1ccc2c(c1)SC(=Cc1ccc[n+](CCO)c1)N2C. The van der Waals surface area contributed by atoms with Crippen molar-refractivity contribution in [3.8, 4) is 0 Å². The van der Waals surface area contributed by atoms with Gasteiger partial charge in [-0.25, -0.2) is 4.57 Å². The van der Waals surface area contributed by atoms with Gasteiger partial charge in [0.2, 0.25) is 0 Å². The number of fused-ring (bicyclic) bond motifs is 1. The lowest BCUT2D eigenvalue weighted by molar-refractivity contribution is -0.698. The van der Waals surface area contributed by atoms with Crippen LogP contribution in [0.1, 0.15) is 11.1 Å². The van der Waals surface area contributed by atoms with Crippen LogP contribution in [0.15, 0.2) is 52.7 Å². The number of anilines is 1. The van der Waals surface area contributed by atoms with E-state index in [0.717, 1.165) is 5.56 Å². The fourth-order valence-electron chi connectivity index (χ4n) is 2.43. The highest BCUT2D eigenvalue weighted by atomic mass is 32.2. The molecule has 21 heavy (non-hydrogen) atoms. The Morgan fingerprint density at radius 1 is 1.33 bits per heavy atom. The van der Waals surface area contributed by atoms with E-state index in [1.165, 1.54) is 21.2 Å². The summed E-state index contributed by atoms with van der Waals surface area (Å²) in [5, 5.41) is 10.3. The first kappa shape index (κ1) is 14.2. The summed E-state index contributed by atoms with van der Waals surface area (Å²) < 4.78 is 2.00. The molecule has 0 saturated carbocycles. The molecule has 0 bridgehead atoms. The van der Waals surface area contributed by atoms with Crippen LogP contribution in [0, 0.1) is 6.92 Å². The van der Waals surface area contributed by atoms with Crippen molar-refractivity contribution in [3.05, 3.63) is 58.9 Å². The second-order valence-electron chi connectivity index (χ2n) is 5.21. The van der Waals surface area contributed by atoms with Gasteiger partial charge < -0.3 is 10.0 Å². The first-order valence-electron chi connectivity index (χ1n) is 7.01. The molecule has 0 amide bonds. The van der Waals surface area contributed by atoms with E-state index in [4.69, 9.17) is 5.11 Å². The number of pyridine rings is 1. The lowest BCUT2D eigenvalue weighted by Gasteiger charge is -2.13. The van der Waals surface area contributed by atoms with E-state index in [9.17, 15) is 0 Å². The lowest BCUT2D eigenvalue weighted by atomic mass is 10.2. The summed E-state index contributed by atoms with van der Waals surface area (Å²) in [5.41, 5.74) is 3.69. The molecule has 3 rings (SSSR count). The Morgan fingerprint density at radius 2 is 2.19 bits per heavy atom. The number of aryl methyl sites for hydroxylation is 1. The van der Waals surface area contributed by atoms with Gasteiger partial charge in [-0.15, -0.1) is 0 Å². The third-order valence-corrected chi connectivity index (χ3v) is 4.70. The molecule has 2 aromatic rings. The van der Waals surface area contributed by atoms with Crippen LogP contribution in [0.2, 0.25) is 0 Å². The van der Waals surface area contributed by atoms with Crippen LogP contribution >= 0.6 is 11.8 Å². The Morgan fingerprint density at radius 3 is 3.00 bits per heavy atom. The van der Waals surface area contributed by atoms with Crippen molar-refractivity contribution < 1.29 is 9.67 Å². The molecule has 108 valence electrons. The average Bonchev–Trinajstić information content (AvgIpc) is 2.75. The lowest BCUT2D eigenvalue weighted by Crippen LogP contribution is -2.34. The topological polar surface area (TPSA) is 27.4 Å². The fourth-order valence-corrected chi connectivity index (χ4v) is 3.64. The predicted octanol–water partition coefficient (Wildman–Crippen LogP) is 2.82. The summed E-state index contributed by atoms with van der Waals surface area (Å²) in [7, 11) is 2.10. The minimum absolute atomic E-state index is 0.157. The maximum absolute atomic E-state index is 9.03. The maximum Gasteiger partial charge on any atom is 0.176 e. The van der Waals surface area contributed by atoms with E-state index in [1.807, 2.05) is 16.8 Å². The fraction of sp³-hybridized carbons (Fsp3) is 0.235. The molecule has 0 unspecified atom stereocenters. The molecular weight excluding hydrogens is 280 g/mol. The Hall–Kier alpha value is -1.78. The van der Waals surface area contributed by atoms with Gasteiger partial charge in [-0.1, -0.05) is 17.8 Å². The number of thioether (sulfide) groups is 1. The van der Waals surface area contributed by atoms with Crippen molar-refractivity contribution in [2.75, 3.05) is 18.6 Å². The van der Waals surface area contributed by atoms with Crippen molar-refractivity contribution in [3.63, 3.8) is 0 Å². The highest BCUT2D eigenvalue weighted by Gasteiger charge is 2.21. The van der Waals surface area contributed by atoms with E-state index in [2.05, 4.69) is 55.4 Å². The third-order valence-electron chi connectivity index (χ3n) is 3.55. The summed E-state index contributed by atoms with van der Waals surface area (Å²) in [5.74, 6) is 0. The van der Waals surface area contributed by atoms with Gasteiger partial charge >= 0.3 is 0 Å². The molecule has 1 aromatic heterocycles. The van der Waals surface area contributed by atoms with Gasteiger partial charge in [0.25, 0.3) is 0 Å². The van der Waals surface area contributed by atoms with Crippen LogP contribution in [0.5, 0.6) is 0 Å². The molecule has 0 radical (unpaired) electrons. The van der Waals surface area contributed by atoms with Gasteiger partial charge in [-0.2, -0.15) is 0 Å². The van der Waals surface area contributed by atoms with E-state index >= 15 is 0 Å². The number of aliphatic hydroxyl groups is 1. The van der Waals surface area contributed by atoms with Crippen LogP contribution < -0.4 is 9.47 Å². The minimum Gasteiger partial charge on any atom is -0.390 e. The molecule has 1 aromatic carbocycles. The number of benzene rings is 1. The first-order chi connectivity index (χ1) is 10.2. The third kappa shape index (κ3) is 2.96. The van der Waals surface area contributed by atoms with Gasteiger partial charge in [0, 0.05) is 23.6 Å². The van der Waals surface area contributed by atoms with Gasteiger partial charge in [0.05, 0.1) is 10.7 Å². The van der Waals surface area contributed by atoms with E-state index in [1.54, 1.807) is 11.8 Å². The smallest absolute Gasteiger partial charge is 0.176 e. The molecule has 0 aliphatic carbocycles. The largest absolute Gasteiger partial charge is 0.390 e. The Kier molecular flexibility index (Phi) is 3.99. The highest BCUT2D eigenvalue weighted by Crippen LogP contribution is 2.45. The molecule has 2 heterocycles. The van der Waals surface area contributed by atoms with Crippen molar-refractivity contribution in [2.24, 2.45) is 0 Å². The number of hydrogen-bond donors (Lipinski definition) is 1. The zero-order valence-corrected chi connectivity index (χ0v) is 13.1. The Balaban J connectivity index is 1.90. The summed E-state index contributed by atoms with van der Waals surface area (Å²) in [6, 6.07) is 10.7. The van der Waals surface area contributed by atoms with Crippen LogP contribution in [0.3, 0.4) is 0 Å². The average molecular weight is 299 g/mol. The van der Waals surface area contributed by atoms with Crippen LogP contribution in [-0.2, 0) is 6.54 Å². The predicted molar refractivity (Wildman–Crippen MR) is 87.1 cm³/mol. The quantitative estimate of drug-likeness (QED) is 0.883. The number of aliphatic hydroxyl groups excluding tert-OH is 1.